The van der Waals surface area contributed by atoms with Gasteiger partial charge in [-0.1, -0.05) is 13.8 Å². The molecule has 0 heterocycles. The Morgan fingerprint density at radius 3 is 2.33 bits per heavy atom. The molecule has 0 saturated carbocycles. The second kappa shape index (κ2) is 7.71. The molecule has 0 aromatic heterocycles. The summed E-state index contributed by atoms with van der Waals surface area (Å²) < 4.78 is 5.23. The normalized spacial score (nSPS) is 10.4. The van der Waals surface area contributed by atoms with Gasteiger partial charge in [-0.05, 0) is 37.4 Å². The molecule has 0 unspecified atom stereocenters. The highest BCUT2D eigenvalue weighted by Gasteiger charge is 2.07. The number of anilines is 1. The van der Waals surface area contributed by atoms with E-state index in [0.29, 0.717) is 12.2 Å². The summed E-state index contributed by atoms with van der Waals surface area (Å²) in [5.41, 5.74) is 1.57. The average molecular weight is 250 g/mol. The number of nitrogens with one attached hydrogen (secondary N) is 1. The highest BCUT2D eigenvalue weighted by molar-refractivity contribution is 5.89. The van der Waals surface area contributed by atoms with E-state index >= 15 is 0 Å². The quantitative estimate of drug-likeness (QED) is 0.753. The Morgan fingerprint density at radius 2 is 1.83 bits per heavy atom. The molecular formula is C14H22N2O2. The Morgan fingerprint density at radius 1 is 1.22 bits per heavy atom. The van der Waals surface area contributed by atoms with Crippen LogP contribution in [-0.4, -0.2) is 44.2 Å². The maximum atomic E-state index is 11.7. The van der Waals surface area contributed by atoms with Crippen molar-refractivity contribution in [3.05, 3.63) is 29.8 Å². The van der Waals surface area contributed by atoms with Crippen LogP contribution in [0.15, 0.2) is 24.3 Å². The molecule has 1 rings (SSSR count). The zero-order valence-corrected chi connectivity index (χ0v) is 11.4. The first kappa shape index (κ1) is 14.5. The fraction of sp³-hybridized carbons (Fsp3) is 0.500. The van der Waals surface area contributed by atoms with Gasteiger partial charge in [-0.25, -0.2) is 4.79 Å². The maximum Gasteiger partial charge on any atom is 0.338 e. The lowest BCUT2D eigenvalue weighted by Gasteiger charge is -2.17. The summed E-state index contributed by atoms with van der Waals surface area (Å²) >= 11 is 0. The van der Waals surface area contributed by atoms with E-state index in [-0.39, 0.29) is 5.97 Å². The minimum Gasteiger partial charge on any atom is -0.461 e. The molecule has 0 atom stereocenters. The smallest absolute Gasteiger partial charge is 0.338 e. The van der Waals surface area contributed by atoms with Crippen molar-refractivity contribution in [3.63, 3.8) is 0 Å². The Hall–Kier alpha value is -1.55. The third-order valence-electron chi connectivity index (χ3n) is 2.94. The molecule has 4 heteroatoms. The average Bonchev–Trinajstić information content (AvgIpc) is 2.43. The van der Waals surface area contributed by atoms with E-state index < -0.39 is 0 Å². The lowest BCUT2D eigenvalue weighted by molar-refractivity contribution is 0.0466. The molecule has 18 heavy (non-hydrogen) atoms. The standard InChI is InChI=1S/C14H22N2O2/c1-4-16(5-2)10-11-18-14(17)12-6-8-13(15-3)9-7-12/h6-9,15H,4-5,10-11H2,1-3H3. The van der Waals surface area contributed by atoms with Crippen LogP contribution in [0.1, 0.15) is 24.2 Å². The Bertz CT molecular complexity index is 359. The van der Waals surface area contributed by atoms with Gasteiger partial charge >= 0.3 is 5.97 Å². The summed E-state index contributed by atoms with van der Waals surface area (Å²) in [5, 5.41) is 3.01. The van der Waals surface area contributed by atoms with Gasteiger partial charge in [0.05, 0.1) is 5.56 Å². The van der Waals surface area contributed by atoms with Crippen molar-refractivity contribution < 1.29 is 9.53 Å². The van der Waals surface area contributed by atoms with Crippen molar-refractivity contribution in [1.29, 1.82) is 0 Å². The van der Waals surface area contributed by atoms with Crippen molar-refractivity contribution in [2.75, 3.05) is 38.6 Å². The second-order valence-electron chi connectivity index (χ2n) is 3.99. The number of carbonyl (C=O) groups excluding carboxylic acids is 1. The fourth-order valence-corrected chi connectivity index (χ4v) is 1.66. The van der Waals surface area contributed by atoms with Gasteiger partial charge in [0, 0.05) is 19.3 Å². The van der Waals surface area contributed by atoms with Gasteiger partial charge in [-0.3, -0.25) is 0 Å². The van der Waals surface area contributed by atoms with Gasteiger partial charge in [0.15, 0.2) is 0 Å². The van der Waals surface area contributed by atoms with Crippen LogP contribution in [0.4, 0.5) is 5.69 Å². The van der Waals surface area contributed by atoms with Crippen LogP contribution in [0.5, 0.6) is 0 Å². The predicted molar refractivity (Wildman–Crippen MR) is 74.1 cm³/mol. The number of rotatable bonds is 7. The van der Waals surface area contributed by atoms with Gasteiger partial charge in [-0.2, -0.15) is 0 Å². The van der Waals surface area contributed by atoms with E-state index in [4.69, 9.17) is 4.74 Å². The van der Waals surface area contributed by atoms with Gasteiger partial charge in [0.2, 0.25) is 0 Å². The number of carbonyl (C=O) groups is 1. The largest absolute Gasteiger partial charge is 0.461 e. The lowest BCUT2D eigenvalue weighted by atomic mass is 10.2. The van der Waals surface area contributed by atoms with Gasteiger partial charge in [0.1, 0.15) is 6.61 Å². The maximum absolute atomic E-state index is 11.7. The second-order valence-corrected chi connectivity index (χ2v) is 3.99. The van der Waals surface area contributed by atoms with Crippen LogP contribution in [0.3, 0.4) is 0 Å². The summed E-state index contributed by atoms with van der Waals surface area (Å²) in [5.74, 6) is -0.259. The Labute approximate surface area is 109 Å². The highest BCUT2D eigenvalue weighted by atomic mass is 16.5. The third-order valence-corrected chi connectivity index (χ3v) is 2.94. The summed E-state index contributed by atoms with van der Waals surface area (Å²) in [6, 6.07) is 7.26. The van der Waals surface area contributed by atoms with E-state index in [1.807, 2.05) is 19.2 Å². The number of hydrogen-bond donors (Lipinski definition) is 1. The summed E-state index contributed by atoms with van der Waals surface area (Å²) in [4.78, 5) is 14.0. The molecule has 0 saturated heterocycles. The van der Waals surface area contributed by atoms with Crippen molar-refractivity contribution in [3.8, 4) is 0 Å². The van der Waals surface area contributed by atoms with E-state index in [2.05, 4.69) is 24.1 Å². The zero-order valence-electron chi connectivity index (χ0n) is 11.4. The molecule has 0 bridgehead atoms. The number of esters is 1. The van der Waals surface area contributed by atoms with Crippen molar-refractivity contribution in [2.24, 2.45) is 0 Å². The predicted octanol–water partition coefficient (Wildman–Crippen LogP) is 2.23. The molecular weight excluding hydrogens is 228 g/mol. The van der Waals surface area contributed by atoms with E-state index in [1.54, 1.807) is 12.1 Å². The minimum atomic E-state index is -0.259. The molecule has 100 valence electrons. The zero-order chi connectivity index (χ0) is 13.4. The number of nitrogens with zero attached hydrogens (tertiary/aromatic N) is 1. The van der Waals surface area contributed by atoms with Crippen LogP contribution < -0.4 is 5.32 Å². The summed E-state index contributed by atoms with van der Waals surface area (Å²) in [6.45, 7) is 7.38. The SMILES string of the molecule is CCN(CC)CCOC(=O)c1ccc(NC)cc1. The first-order valence-corrected chi connectivity index (χ1v) is 6.38. The highest BCUT2D eigenvalue weighted by Crippen LogP contribution is 2.09. The first-order chi connectivity index (χ1) is 8.71. The molecule has 1 aromatic rings. The molecule has 0 aliphatic rings. The Balaban J connectivity index is 2.40. The third kappa shape index (κ3) is 4.37. The lowest BCUT2D eigenvalue weighted by Crippen LogP contribution is -2.27. The molecule has 1 N–H and O–H groups in total. The van der Waals surface area contributed by atoms with Crippen molar-refractivity contribution in [2.45, 2.75) is 13.8 Å². The number of ether oxygens (including phenoxy) is 1. The molecule has 0 aliphatic carbocycles. The fourth-order valence-electron chi connectivity index (χ4n) is 1.66. The van der Waals surface area contributed by atoms with Crippen LogP contribution in [-0.2, 0) is 4.74 Å². The van der Waals surface area contributed by atoms with Gasteiger partial charge in [-0.15, -0.1) is 0 Å². The summed E-state index contributed by atoms with van der Waals surface area (Å²) in [7, 11) is 1.84. The van der Waals surface area contributed by atoms with E-state index in [0.717, 1.165) is 25.3 Å². The number of hydrogen-bond acceptors (Lipinski definition) is 4. The minimum absolute atomic E-state index is 0.259. The topological polar surface area (TPSA) is 41.6 Å². The number of likely N-dealkylation sites (N-methyl/N-ethyl adjacent to an activating group) is 1. The molecule has 0 aliphatic heterocycles. The van der Waals surface area contributed by atoms with Gasteiger partial charge in [0.25, 0.3) is 0 Å². The van der Waals surface area contributed by atoms with Crippen LogP contribution in [0.2, 0.25) is 0 Å². The summed E-state index contributed by atoms with van der Waals surface area (Å²) in [6.07, 6.45) is 0. The molecule has 1 aromatic carbocycles. The molecule has 0 radical (unpaired) electrons. The number of benzene rings is 1. The molecule has 0 fully saturated rings. The first-order valence-electron chi connectivity index (χ1n) is 6.38. The van der Waals surface area contributed by atoms with Crippen LogP contribution >= 0.6 is 0 Å². The van der Waals surface area contributed by atoms with Crippen LogP contribution in [0.25, 0.3) is 0 Å². The van der Waals surface area contributed by atoms with Gasteiger partial charge < -0.3 is 15.0 Å². The monoisotopic (exact) mass is 250 g/mol. The van der Waals surface area contributed by atoms with E-state index in [1.165, 1.54) is 0 Å². The molecule has 0 amide bonds. The van der Waals surface area contributed by atoms with Crippen molar-refractivity contribution >= 4 is 11.7 Å². The molecule has 0 spiro atoms. The van der Waals surface area contributed by atoms with Crippen LogP contribution in [0, 0.1) is 0 Å². The van der Waals surface area contributed by atoms with E-state index in [9.17, 15) is 4.79 Å². The van der Waals surface area contributed by atoms with Crippen molar-refractivity contribution in [1.82, 2.24) is 4.90 Å². The Kier molecular flexibility index (Phi) is 6.22. The molecule has 4 nitrogen and oxygen atoms in total.